The molecule has 1 amide bonds. The van der Waals surface area contributed by atoms with Gasteiger partial charge in [0.1, 0.15) is 0 Å². The highest BCUT2D eigenvalue weighted by molar-refractivity contribution is 14.0. The van der Waals surface area contributed by atoms with Crippen molar-refractivity contribution in [1.29, 1.82) is 0 Å². The van der Waals surface area contributed by atoms with E-state index in [1.807, 2.05) is 25.2 Å². The van der Waals surface area contributed by atoms with Crippen molar-refractivity contribution >= 4 is 35.8 Å². The SMILES string of the molecule is CN=C(NCCc1cccc(C(=O)N(C)C)c1)NC1CCC(C)(C)CC1.I. The van der Waals surface area contributed by atoms with Crippen LogP contribution in [0.4, 0.5) is 0 Å². The largest absolute Gasteiger partial charge is 0.356 e. The van der Waals surface area contributed by atoms with E-state index in [4.69, 9.17) is 0 Å². The summed E-state index contributed by atoms with van der Waals surface area (Å²) in [5.74, 6) is 0.910. The predicted molar refractivity (Wildman–Crippen MR) is 124 cm³/mol. The van der Waals surface area contributed by atoms with E-state index in [1.165, 1.54) is 25.7 Å². The fourth-order valence-electron chi connectivity index (χ4n) is 3.37. The molecule has 5 nitrogen and oxygen atoms in total. The van der Waals surface area contributed by atoms with E-state index in [0.29, 0.717) is 11.5 Å². The molecule has 1 saturated carbocycles. The zero-order chi connectivity index (χ0) is 19.2. The first-order valence-corrected chi connectivity index (χ1v) is 9.58. The Hall–Kier alpha value is -1.31. The van der Waals surface area contributed by atoms with Crippen LogP contribution in [0, 0.1) is 5.41 Å². The number of benzene rings is 1. The molecule has 0 aliphatic heterocycles. The minimum absolute atomic E-state index is 0. The Morgan fingerprint density at radius 1 is 1.26 bits per heavy atom. The molecule has 1 aliphatic rings. The molecule has 0 radical (unpaired) electrons. The third kappa shape index (κ3) is 7.68. The smallest absolute Gasteiger partial charge is 0.253 e. The van der Waals surface area contributed by atoms with E-state index in [-0.39, 0.29) is 29.9 Å². The summed E-state index contributed by atoms with van der Waals surface area (Å²) < 4.78 is 0. The molecule has 1 aromatic carbocycles. The first-order valence-electron chi connectivity index (χ1n) is 9.58. The van der Waals surface area contributed by atoms with Gasteiger partial charge in [-0.15, -0.1) is 24.0 Å². The molecule has 152 valence electrons. The van der Waals surface area contributed by atoms with Crippen LogP contribution in [0.3, 0.4) is 0 Å². The summed E-state index contributed by atoms with van der Waals surface area (Å²) in [5.41, 5.74) is 2.37. The van der Waals surface area contributed by atoms with Gasteiger partial charge in [-0.1, -0.05) is 26.0 Å². The zero-order valence-electron chi connectivity index (χ0n) is 17.3. The molecule has 1 fully saturated rings. The van der Waals surface area contributed by atoms with Crippen LogP contribution >= 0.6 is 24.0 Å². The van der Waals surface area contributed by atoms with Crippen LogP contribution in [0.2, 0.25) is 0 Å². The number of aliphatic imine (C=N–C) groups is 1. The molecule has 2 N–H and O–H groups in total. The lowest BCUT2D eigenvalue weighted by molar-refractivity contribution is 0.0827. The average Bonchev–Trinajstić information content (AvgIpc) is 2.62. The molecule has 0 spiro atoms. The molecule has 1 aromatic rings. The highest BCUT2D eigenvalue weighted by Gasteiger charge is 2.27. The standard InChI is InChI=1S/C21H34N4O.HI/c1-21(2)12-9-18(10-13-21)24-20(22-3)23-14-11-16-7-6-8-17(15-16)19(26)25(4)5;/h6-8,15,18H,9-14H2,1-5H3,(H2,22,23,24);1H. The van der Waals surface area contributed by atoms with Crippen LogP contribution in [0.15, 0.2) is 29.3 Å². The van der Waals surface area contributed by atoms with Crippen LogP contribution in [0.1, 0.15) is 55.5 Å². The minimum Gasteiger partial charge on any atom is -0.356 e. The molecule has 6 heteroatoms. The van der Waals surface area contributed by atoms with Crippen molar-refractivity contribution in [2.24, 2.45) is 10.4 Å². The van der Waals surface area contributed by atoms with Gasteiger partial charge in [-0.3, -0.25) is 9.79 Å². The summed E-state index contributed by atoms with van der Waals surface area (Å²) in [5, 5.41) is 6.95. The number of carbonyl (C=O) groups is 1. The number of hydrogen-bond donors (Lipinski definition) is 2. The van der Waals surface area contributed by atoms with Gasteiger partial charge in [0.25, 0.3) is 5.91 Å². The summed E-state index contributed by atoms with van der Waals surface area (Å²) in [6.07, 6.45) is 5.76. The van der Waals surface area contributed by atoms with E-state index >= 15 is 0 Å². The Bertz CT molecular complexity index is 633. The van der Waals surface area contributed by atoms with E-state index in [0.717, 1.165) is 30.1 Å². The molecule has 27 heavy (non-hydrogen) atoms. The van der Waals surface area contributed by atoms with Crippen LogP contribution in [-0.4, -0.2) is 50.5 Å². The first kappa shape index (κ1) is 23.7. The summed E-state index contributed by atoms with van der Waals surface area (Å²) >= 11 is 0. The molecular formula is C21H35IN4O. The van der Waals surface area contributed by atoms with Crippen LogP contribution in [0.5, 0.6) is 0 Å². The van der Waals surface area contributed by atoms with E-state index in [9.17, 15) is 4.79 Å². The molecule has 0 bridgehead atoms. The van der Waals surface area contributed by atoms with E-state index < -0.39 is 0 Å². The Kier molecular flexibility index (Phi) is 9.56. The average molecular weight is 486 g/mol. The van der Waals surface area contributed by atoms with Crippen molar-refractivity contribution in [3.8, 4) is 0 Å². The number of guanidine groups is 1. The molecule has 2 rings (SSSR count). The van der Waals surface area contributed by atoms with Crippen molar-refractivity contribution in [1.82, 2.24) is 15.5 Å². The second-order valence-corrected chi connectivity index (χ2v) is 8.23. The lowest BCUT2D eigenvalue weighted by atomic mass is 9.75. The number of amides is 1. The van der Waals surface area contributed by atoms with Crippen molar-refractivity contribution in [2.75, 3.05) is 27.7 Å². The Labute approximate surface area is 181 Å². The van der Waals surface area contributed by atoms with Crippen LogP contribution in [0.25, 0.3) is 0 Å². The zero-order valence-corrected chi connectivity index (χ0v) is 19.7. The highest BCUT2D eigenvalue weighted by Crippen LogP contribution is 2.34. The fourth-order valence-corrected chi connectivity index (χ4v) is 3.37. The van der Waals surface area contributed by atoms with Gasteiger partial charge in [0.15, 0.2) is 5.96 Å². The number of rotatable bonds is 5. The molecule has 1 aliphatic carbocycles. The lowest BCUT2D eigenvalue weighted by Gasteiger charge is -2.35. The lowest BCUT2D eigenvalue weighted by Crippen LogP contribution is -2.46. The maximum absolute atomic E-state index is 12.1. The highest BCUT2D eigenvalue weighted by atomic mass is 127. The van der Waals surface area contributed by atoms with Crippen molar-refractivity contribution in [2.45, 2.75) is 52.0 Å². The maximum atomic E-state index is 12.1. The quantitative estimate of drug-likeness (QED) is 0.379. The van der Waals surface area contributed by atoms with Gasteiger partial charge >= 0.3 is 0 Å². The Morgan fingerprint density at radius 2 is 1.93 bits per heavy atom. The topological polar surface area (TPSA) is 56.7 Å². The fraction of sp³-hybridized carbons (Fsp3) is 0.619. The third-order valence-corrected chi connectivity index (χ3v) is 5.19. The first-order chi connectivity index (χ1) is 12.3. The predicted octanol–water partition coefficient (Wildman–Crippen LogP) is 3.68. The molecule has 0 atom stereocenters. The maximum Gasteiger partial charge on any atom is 0.253 e. The summed E-state index contributed by atoms with van der Waals surface area (Å²) in [6, 6.07) is 8.36. The Morgan fingerprint density at radius 3 is 2.52 bits per heavy atom. The second kappa shape index (κ2) is 10.9. The van der Waals surface area contributed by atoms with Gasteiger partial charge in [0, 0.05) is 39.3 Å². The molecular weight excluding hydrogens is 451 g/mol. The summed E-state index contributed by atoms with van der Waals surface area (Å²) in [4.78, 5) is 18.0. The second-order valence-electron chi connectivity index (χ2n) is 8.23. The van der Waals surface area contributed by atoms with Gasteiger partial charge in [0.05, 0.1) is 0 Å². The van der Waals surface area contributed by atoms with Crippen molar-refractivity contribution < 1.29 is 4.79 Å². The molecule has 0 heterocycles. The van der Waals surface area contributed by atoms with Gasteiger partial charge < -0.3 is 15.5 Å². The number of carbonyl (C=O) groups excluding carboxylic acids is 1. The van der Waals surface area contributed by atoms with Gasteiger partial charge in [-0.2, -0.15) is 0 Å². The van der Waals surface area contributed by atoms with Crippen molar-refractivity contribution in [3.63, 3.8) is 0 Å². The monoisotopic (exact) mass is 486 g/mol. The van der Waals surface area contributed by atoms with E-state index in [2.05, 4.69) is 35.5 Å². The molecule has 0 aromatic heterocycles. The number of hydrogen-bond acceptors (Lipinski definition) is 2. The minimum atomic E-state index is 0. The number of halogens is 1. The normalized spacial score (nSPS) is 17.0. The van der Waals surface area contributed by atoms with Gasteiger partial charge in [-0.25, -0.2) is 0 Å². The molecule has 0 unspecified atom stereocenters. The van der Waals surface area contributed by atoms with Crippen molar-refractivity contribution in [3.05, 3.63) is 35.4 Å². The van der Waals surface area contributed by atoms with E-state index in [1.54, 1.807) is 19.0 Å². The Balaban J connectivity index is 0.00000364. The van der Waals surface area contributed by atoms with Gasteiger partial charge in [-0.05, 0) is 55.2 Å². The number of nitrogens with zero attached hydrogens (tertiary/aromatic N) is 2. The summed E-state index contributed by atoms with van der Waals surface area (Å²) in [6.45, 7) is 5.49. The molecule has 0 saturated heterocycles. The summed E-state index contributed by atoms with van der Waals surface area (Å²) in [7, 11) is 5.37. The van der Waals surface area contributed by atoms with Gasteiger partial charge in [0.2, 0.25) is 0 Å². The van der Waals surface area contributed by atoms with Crippen LogP contribution < -0.4 is 10.6 Å². The van der Waals surface area contributed by atoms with Crippen LogP contribution in [-0.2, 0) is 6.42 Å². The number of nitrogens with one attached hydrogen (secondary N) is 2. The third-order valence-electron chi connectivity index (χ3n) is 5.19.